The van der Waals surface area contributed by atoms with E-state index in [4.69, 9.17) is 0 Å². The van der Waals surface area contributed by atoms with Crippen LogP contribution in [0.25, 0.3) is 0 Å². The Labute approximate surface area is 144 Å². The summed E-state index contributed by atoms with van der Waals surface area (Å²) >= 11 is 0. The first-order valence-electron chi connectivity index (χ1n) is 7.99. The Morgan fingerprint density at radius 1 is 1.16 bits per heavy atom. The number of carbonyl (C=O) groups is 2. The number of nitrogens with one attached hydrogen (secondary N) is 1. The Hall–Kier alpha value is -2.76. The van der Waals surface area contributed by atoms with E-state index in [1.54, 1.807) is 6.07 Å². The summed E-state index contributed by atoms with van der Waals surface area (Å²) in [4.78, 5) is 25.6. The molecule has 2 amide bonds. The molecular weight excluding hydrogens is 326 g/mol. The second kappa shape index (κ2) is 6.63. The Morgan fingerprint density at radius 2 is 1.84 bits per heavy atom. The lowest BCUT2D eigenvalue weighted by molar-refractivity contribution is -0.122. The number of benzene rings is 2. The number of nitrogens with zero attached hydrogens (tertiary/aromatic N) is 1. The maximum atomic E-state index is 13.9. The molecule has 1 aliphatic rings. The molecule has 1 saturated heterocycles. The molecule has 130 valence electrons. The van der Waals surface area contributed by atoms with Crippen molar-refractivity contribution in [2.24, 2.45) is 5.92 Å². The molecule has 6 heteroatoms. The fourth-order valence-corrected chi connectivity index (χ4v) is 3.03. The lowest BCUT2D eigenvalue weighted by Crippen LogP contribution is -2.29. The Kier molecular flexibility index (Phi) is 4.53. The molecule has 1 unspecified atom stereocenters. The molecule has 25 heavy (non-hydrogen) atoms. The fraction of sp³-hybridized carbons (Fsp3) is 0.263. The van der Waals surface area contributed by atoms with Crippen LogP contribution in [0.3, 0.4) is 0 Å². The largest absolute Gasteiger partial charge is 0.326 e. The molecule has 1 atom stereocenters. The van der Waals surface area contributed by atoms with Crippen molar-refractivity contribution in [2.45, 2.75) is 20.3 Å². The van der Waals surface area contributed by atoms with Gasteiger partial charge in [-0.05, 0) is 37.6 Å². The first kappa shape index (κ1) is 17.1. The van der Waals surface area contributed by atoms with E-state index in [1.165, 1.54) is 6.07 Å². The van der Waals surface area contributed by atoms with Crippen LogP contribution in [-0.4, -0.2) is 18.4 Å². The van der Waals surface area contributed by atoms with Gasteiger partial charge in [0.2, 0.25) is 11.8 Å². The van der Waals surface area contributed by atoms with Crippen LogP contribution in [0.4, 0.5) is 20.2 Å². The van der Waals surface area contributed by atoms with Crippen molar-refractivity contribution >= 4 is 23.2 Å². The second-order valence-electron chi connectivity index (χ2n) is 6.28. The molecule has 0 spiro atoms. The van der Waals surface area contributed by atoms with Crippen LogP contribution < -0.4 is 10.2 Å². The van der Waals surface area contributed by atoms with E-state index < -0.39 is 29.1 Å². The van der Waals surface area contributed by atoms with E-state index in [0.29, 0.717) is 5.69 Å². The number of rotatable bonds is 3. The van der Waals surface area contributed by atoms with E-state index >= 15 is 0 Å². The highest BCUT2D eigenvalue weighted by Gasteiger charge is 2.37. The number of anilines is 2. The van der Waals surface area contributed by atoms with Gasteiger partial charge in [0.1, 0.15) is 17.3 Å². The van der Waals surface area contributed by atoms with Crippen molar-refractivity contribution in [3.05, 3.63) is 59.2 Å². The summed E-state index contributed by atoms with van der Waals surface area (Å²) < 4.78 is 27.8. The van der Waals surface area contributed by atoms with Gasteiger partial charge in [-0.3, -0.25) is 9.59 Å². The number of carbonyl (C=O) groups excluding carboxylic acids is 2. The van der Waals surface area contributed by atoms with Crippen molar-refractivity contribution in [1.82, 2.24) is 0 Å². The third-order valence-electron chi connectivity index (χ3n) is 4.34. The monoisotopic (exact) mass is 344 g/mol. The fourth-order valence-electron chi connectivity index (χ4n) is 3.03. The summed E-state index contributed by atoms with van der Waals surface area (Å²) in [6.45, 7) is 3.78. The minimum Gasteiger partial charge on any atom is -0.326 e. The molecule has 1 aliphatic heterocycles. The summed E-state index contributed by atoms with van der Waals surface area (Å²) in [7, 11) is 0. The lowest BCUT2D eigenvalue weighted by atomic mass is 10.1. The van der Waals surface area contributed by atoms with Crippen LogP contribution in [0.5, 0.6) is 0 Å². The number of hydrogen-bond acceptors (Lipinski definition) is 2. The van der Waals surface area contributed by atoms with Gasteiger partial charge in [0.05, 0.1) is 5.92 Å². The minimum absolute atomic E-state index is 0.0482. The van der Waals surface area contributed by atoms with Gasteiger partial charge in [0, 0.05) is 18.7 Å². The number of amides is 2. The quantitative estimate of drug-likeness (QED) is 0.925. The predicted molar refractivity (Wildman–Crippen MR) is 91.4 cm³/mol. The van der Waals surface area contributed by atoms with Crippen LogP contribution in [0.2, 0.25) is 0 Å². The molecule has 0 saturated carbocycles. The molecule has 3 rings (SSSR count). The van der Waals surface area contributed by atoms with Gasteiger partial charge in [0.25, 0.3) is 0 Å². The predicted octanol–water partition coefficient (Wildman–Crippen LogP) is 3.57. The van der Waals surface area contributed by atoms with Gasteiger partial charge in [-0.1, -0.05) is 23.8 Å². The Bertz CT molecular complexity index is 831. The van der Waals surface area contributed by atoms with E-state index in [-0.39, 0.29) is 18.9 Å². The smallest absolute Gasteiger partial charge is 0.229 e. The van der Waals surface area contributed by atoms with Crippen molar-refractivity contribution < 1.29 is 18.4 Å². The third kappa shape index (κ3) is 3.38. The number of halogens is 2. The maximum Gasteiger partial charge on any atom is 0.229 e. The van der Waals surface area contributed by atoms with E-state index in [0.717, 1.165) is 28.2 Å². The highest BCUT2D eigenvalue weighted by molar-refractivity contribution is 6.03. The summed E-state index contributed by atoms with van der Waals surface area (Å²) in [5.74, 6) is -3.09. The highest BCUT2D eigenvalue weighted by atomic mass is 19.1. The second-order valence-corrected chi connectivity index (χ2v) is 6.28. The first-order chi connectivity index (χ1) is 11.9. The normalized spacial score (nSPS) is 17.0. The lowest BCUT2D eigenvalue weighted by Gasteiger charge is -2.18. The van der Waals surface area contributed by atoms with Crippen LogP contribution in [0, 0.1) is 31.4 Å². The number of aryl methyl sites for hydroxylation is 2. The summed E-state index contributed by atoms with van der Waals surface area (Å²) in [6.07, 6.45) is -0.0789. The highest BCUT2D eigenvalue weighted by Crippen LogP contribution is 2.30. The van der Waals surface area contributed by atoms with Gasteiger partial charge in [-0.2, -0.15) is 0 Å². The molecule has 0 radical (unpaired) electrons. The van der Waals surface area contributed by atoms with Crippen molar-refractivity contribution in [3.8, 4) is 0 Å². The standard InChI is InChI=1S/C19H18F2N2O2/c1-11-6-7-16(12(2)8-11)22-19(25)13-9-17(24)23(10-13)18-14(20)4-3-5-15(18)21/h3-8,13H,9-10H2,1-2H3,(H,22,25). The van der Waals surface area contributed by atoms with Gasteiger partial charge in [-0.15, -0.1) is 0 Å². The van der Waals surface area contributed by atoms with Crippen molar-refractivity contribution in [1.29, 1.82) is 0 Å². The average molecular weight is 344 g/mol. The number of hydrogen-bond donors (Lipinski definition) is 1. The average Bonchev–Trinajstić information content (AvgIpc) is 2.92. The first-order valence-corrected chi connectivity index (χ1v) is 7.99. The molecule has 0 bridgehead atoms. The zero-order valence-corrected chi connectivity index (χ0v) is 14.0. The Balaban J connectivity index is 1.77. The molecule has 1 N–H and O–H groups in total. The Morgan fingerprint density at radius 3 is 2.48 bits per heavy atom. The zero-order chi connectivity index (χ0) is 18.1. The van der Waals surface area contributed by atoms with Crippen LogP contribution in [0.1, 0.15) is 17.5 Å². The van der Waals surface area contributed by atoms with Crippen LogP contribution in [0.15, 0.2) is 36.4 Å². The summed E-state index contributed by atoms with van der Waals surface area (Å²) in [5.41, 5.74) is 2.26. The molecule has 0 aliphatic carbocycles. The molecule has 1 fully saturated rings. The topological polar surface area (TPSA) is 49.4 Å². The van der Waals surface area contributed by atoms with E-state index in [2.05, 4.69) is 5.32 Å². The van der Waals surface area contributed by atoms with E-state index in [1.807, 2.05) is 26.0 Å². The van der Waals surface area contributed by atoms with E-state index in [9.17, 15) is 18.4 Å². The molecule has 4 nitrogen and oxygen atoms in total. The molecule has 2 aromatic carbocycles. The van der Waals surface area contributed by atoms with Crippen LogP contribution >= 0.6 is 0 Å². The van der Waals surface area contributed by atoms with Crippen molar-refractivity contribution in [3.63, 3.8) is 0 Å². The maximum absolute atomic E-state index is 13.9. The van der Waals surface area contributed by atoms with Gasteiger partial charge >= 0.3 is 0 Å². The zero-order valence-electron chi connectivity index (χ0n) is 14.0. The number of para-hydroxylation sites is 1. The van der Waals surface area contributed by atoms with Crippen molar-refractivity contribution in [2.75, 3.05) is 16.8 Å². The molecular formula is C19H18F2N2O2. The molecule has 0 aromatic heterocycles. The van der Waals surface area contributed by atoms with Gasteiger partial charge < -0.3 is 10.2 Å². The minimum atomic E-state index is -0.816. The van der Waals surface area contributed by atoms with Gasteiger partial charge in [-0.25, -0.2) is 8.78 Å². The summed E-state index contributed by atoms with van der Waals surface area (Å²) in [6, 6.07) is 9.04. The molecule has 2 aromatic rings. The SMILES string of the molecule is Cc1ccc(NC(=O)C2CC(=O)N(c3c(F)cccc3F)C2)c(C)c1. The molecule has 1 heterocycles. The van der Waals surface area contributed by atoms with Crippen LogP contribution in [-0.2, 0) is 9.59 Å². The third-order valence-corrected chi connectivity index (χ3v) is 4.34. The summed E-state index contributed by atoms with van der Waals surface area (Å²) in [5, 5.41) is 2.80. The van der Waals surface area contributed by atoms with Gasteiger partial charge in [0.15, 0.2) is 0 Å².